The van der Waals surface area contributed by atoms with E-state index in [2.05, 4.69) is 0 Å². The van der Waals surface area contributed by atoms with Crippen LogP contribution in [-0.4, -0.2) is 26.3 Å². The second kappa shape index (κ2) is 6.19. The summed E-state index contributed by atoms with van der Waals surface area (Å²) in [6, 6.07) is 7.43. The zero-order valence-corrected chi connectivity index (χ0v) is 9.16. The summed E-state index contributed by atoms with van der Waals surface area (Å²) in [7, 11) is 1.66. The Bertz CT molecular complexity index is 320. The molecule has 0 atom stereocenters. The van der Waals surface area contributed by atoms with E-state index >= 15 is 0 Å². The van der Waals surface area contributed by atoms with Crippen molar-refractivity contribution in [1.29, 1.82) is 0 Å². The van der Waals surface area contributed by atoms with Crippen LogP contribution in [0, 0.1) is 0 Å². The highest BCUT2D eigenvalue weighted by Crippen LogP contribution is 2.07. The molecule has 0 N–H and O–H groups in total. The first-order valence-corrected chi connectivity index (χ1v) is 5.03. The molecular formula is C12H16O3. The molecule has 0 fully saturated rings. The summed E-state index contributed by atoms with van der Waals surface area (Å²) >= 11 is 0. The number of carbonyl (C=O) groups is 1. The molecule has 0 aromatic heterocycles. The van der Waals surface area contributed by atoms with Crippen LogP contribution in [-0.2, 0) is 15.9 Å². The highest BCUT2D eigenvalue weighted by atomic mass is 16.5. The predicted molar refractivity (Wildman–Crippen MR) is 58.0 cm³/mol. The average Bonchev–Trinajstić information content (AvgIpc) is 2.27. The minimum atomic E-state index is -0.267. The van der Waals surface area contributed by atoms with Gasteiger partial charge in [-0.2, -0.15) is 0 Å². The molecule has 15 heavy (non-hydrogen) atoms. The van der Waals surface area contributed by atoms with E-state index in [1.54, 1.807) is 20.1 Å². The molecule has 0 aliphatic rings. The van der Waals surface area contributed by atoms with Gasteiger partial charge >= 0.3 is 5.97 Å². The molecule has 0 unspecified atom stereocenters. The highest BCUT2D eigenvalue weighted by molar-refractivity contribution is 5.89. The fraction of sp³-hybridized carbons (Fsp3) is 0.417. The van der Waals surface area contributed by atoms with Crippen molar-refractivity contribution in [2.24, 2.45) is 0 Å². The lowest BCUT2D eigenvalue weighted by atomic mass is 10.1. The largest absolute Gasteiger partial charge is 0.462 e. The summed E-state index contributed by atoms with van der Waals surface area (Å²) in [5.74, 6) is -0.267. The zero-order chi connectivity index (χ0) is 11.1. The maximum absolute atomic E-state index is 11.4. The van der Waals surface area contributed by atoms with Crippen LogP contribution in [0.1, 0.15) is 22.8 Å². The number of ether oxygens (including phenoxy) is 2. The summed E-state index contributed by atoms with van der Waals surface area (Å²) in [5.41, 5.74) is 1.69. The van der Waals surface area contributed by atoms with Gasteiger partial charge in [-0.25, -0.2) is 4.79 Å². The van der Waals surface area contributed by atoms with Crippen LogP contribution in [0.3, 0.4) is 0 Å². The number of hydrogen-bond donors (Lipinski definition) is 0. The monoisotopic (exact) mass is 208 g/mol. The van der Waals surface area contributed by atoms with Crippen LogP contribution in [0.15, 0.2) is 24.3 Å². The normalized spacial score (nSPS) is 10.0. The molecule has 0 spiro atoms. The Morgan fingerprint density at radius 2 is 2.20 bits per heavy atom. The Labute approximate surface area is 90.0 Å². The molecule has 0 saturated carbocycles. The Morgan fingerprint density at radius 1 is 1.40 bits per heavy atom. The molecule has 82 valence electrons. The molecule has 3 nitrogen and oxygen atoms in total. The molecule has 0 bridgehead atoms. The lowest BCUT2D eigenvalue weighted by molar-refractivity contribution is 0.0526. The third-order valence-electron chi connectivity index (χ3n) is 2.03. The van der Waals surface area contributed by atoms with Crippen molar-refractivity contribution in [2.75, 3.05) is 20.3 Å². The van der Waals surface area contributed by atoms with Crippen LogP contribution in [0.2, 0.25) is 0 Å². The standard InChI is InChI=1S/C12H16O3/c1-3-15-12(13)11-6-4-5-10(9-11)7-8-14-2/h4-6,9H,3,7-8H2,1-2H3. The number of benzene rings is 1. The smallest absolute Gasteiger partial charge is 0.338 e. The number of carbonyl (C=O) groups excluding carboxylic acids is 1. The van der Waals surface area contributed by atoms with Gasteiger partial charge in [-0.05, 0) is 31.0 Å². The van der Waals surface area contributed by atoms with Gasteiger partial charge < -0.3 is 9.47 Å². The Hall–Kier alpha value is -1.35. The van der Waals surface area contributed by atoms with Crippen LogP contribution >= 0.6 is 0 Å². The minimum Gasteiger partial charge on any atom is -0.462 e. The minimum absolute atomic E-state index is 0.267. The van der Waals surface area contributed by atoms with E-state index in [0.29, 0.717) is 18.8 Å². The first kappa shape index (κ1) is 11.7. The van der Waals surface area contributed by atoms with Crippen molar-refractivity contribution in [3.8, 4) is 0 Å². The summed E-state index contributed by atoms with van der Waals surface area (Å²) in [5, 5.41) is 0. The van der Waals surface area contributed by atoms with E-state index in [1.165, 1.54) is 0 Å². The molecule has 0 amide bonds. The van der Waals surface area contributed by atoms with Crippen molar-refractivity contribution in [2.45, 2.75) is 13.3 Å². The molecule has 0 radical (unpaired) electrons. The van der Waals surface area contributed by atoms with Gasteiger partial charge in [0.25, 0.3) is 0 Å². The Balaban J connectivity index is 2.69. The molecular weight excluding hydrogens is 192 g/mol. The van der Waals surface area contributed by atoms with E-state index in [0.717, 1.165) is 12.0 Å². The van der Waals surface area contributed by atoms with Crippen LogP contribution in [0.5, 0.6) is 0 Å². The topological polar surface area (TPSA) is 35.5 Å². The van der Waals surface area contributed by atoms with Crippen molar-refractivity contribution in [3.63, 3.8) is 0 Å². The highest BCUT2D eigenvalue weighted by Gasteiger charge is 2.06. The number of rotatable bonds is 5. The van der Waals surface area contributed by atoms with Gasteiger partial charge in [0.1, 0.15) is 0 Å². The molecule has 0 aliphatic carbocycles. The maximum atomic E-state index is 11.4. The van der Waals surface area contributed by atoms with Gasteiger partial charge in [-0.15, -0.1) is 0 Å². The quantitative estimate of drug-likeness (QED) is 0.695. The molecule has 0 saturated heterocycles. The van der Waals surface area contributed by atoms with Gasteiger partial charge in [-0.3, -0.25) is 0 Å². The van der Waals surface area contributed by atoms with Gasteiger partial charge in [0.05, 0.1) is 18.8 Å². The summed E-state index contributed by atoms with van der Waals surface area (Å²) in [6.07, 6.45) is 0.809. The molecule has 0 aliphatic heterocycles. The first-order chi connectivity index (χ1) is 7.27. The number of esters is 1. The van der Waals surface area contributed by atoms with Crippen molar-refractivity contribution < 1.29 is 14.3 Å². The molecule has 0 heterocycles. The maximum Gasteiger partial charge on any atom is 0.338 e. The van der Waals surface area contributed by atoms with Gasteiger partial charge in [0.2, 0.25) is 0 Å². The summed E-state index contributed by atoms with van der Waals surface area (Å²) in [6.45, 7) is 2.86. The number of methoxy groups -OCH3 is 1. The zero-order valence-electron chi connectivity index (χ0n) is 9.16. The Kier molecular flexibility index (Phi) is 4.84. The summed E-state index contributed by atoms with van der Waals surface area (Å²) in [4.78, 5) is 11.4. The van der Waals surface area contributed by atoms with Gasteiger partial charge in [0.15, 0.2) is 0 Å². The molecule has 1 aromatic rings. The van der Waals surface area contributed by atoms with Crippen molar-refractivity contribution >= 4 is 5.97 Å². The fourth-order valence-corrected chi connectivity index (χ4v) is 1.29. The lowest BCUT2D eigenvalue weighted by Gasteiger charge is -2.04. The van der Waals surface area contributed by atoms with E-state index < -0.39 is 0 Å². The van der Waals surface area contributed by atoms with Gasteiger partial charge in [0, 0.05) is 7.11 Å². The van der Waals surface area contributed by atoms with E-state index in [9.17, 15) is 4.79 Å². The van der Waals surface area contributed by atoms with Crippen LogP contribution in [0.4, 0.5) is 0 Å². The SMILES string of the molecule is CCOC(=O)c1cccc(CCOC)c1. The van der Waals surface area contributed by atoms with E-state index in [1.807, 2.05) is 18.2 Å². The van der Waals surface area contributed by atoms with Crippen molar-refractivity contribution in [1.82, 2.24) is 0 Å². The second-order valence-electron chi connectivity index (χ2n) is 3.16. The molecule has 1 aromatic carbocycles. The first-order valence-electron chi connectivity index (χ1n) is 5.03. The van der Waals surface area contributed by atoms with Crippen LogP contribution in [0.25, 0.3) is 0 Å². The lowest BCUT2D eigenvalue weighted by Crippen LogP contribution is -2.05. The third-order valence-corrected chi connectivity index (χ3v) is 2.03. The average molecular weight is 208 g/mol. The fourth-order valence-electron chi connectivity index (χ4n) is 1.29. The second-order valence-corrected chi connectivity index (χ2v) is 3.16. The Morgan fingerprint density at radius 3 is 2.87 bits per heavy atom. The number of hydrogen-bond acceptors (Lipinski definition) is 3. The van der Waals surface area contributed by atoms with Gasteiger partial charge in [-0.1, -0.05) is 12.1 Å². The predicted octanol–water partition coefficient (Wildman–Crippen LogP) is 2.05. The van der Waals surface area contributed by atoms with E-state index in [4.69, 9.17) is 9.47 Å². The van der Waals surface area contributed by atoms with E-state index in [-0.39, 0.29) is 5.97 Å². The van der Waals surface area contributed by atoms with Crippen LogP contribution < -0.4 is 0 Å². The van der Waals surface area contributed by atoms with Crippen molar-refractivity contribution in [3.05, 3.63) is 35.4 Å². The molecule has 1 rings (SSSR count). The summed E-state index contributed by atoms with van der Waals surface area (Å²) < 4.78 is 9.89. The molecule has 3 heteroatoms. The third kappa shape index (κ3) is 3.72.